The maximum absolute atomic E-state index is 10.2. The van der Waals surface area contributed by atoms with Gasteiger partial charge in [0, 0.05) is 16.6 Å². The van der Waals surface area contributed by atoms with Crippen LogP contribution in [0.5, 0.6) is 0 Å². The summed E-state index contributed by atoms with van der Waals surface area (Å²) in [5, 5.41) is 9.06. The van der Waals surface area contributed by atoms with Gasteiger partial charge in [0.05, 0.1) is 5.02 Å². The van der Waals surface area contributed by atoms with Gasteiger partial charge in [0.2, 0.25) is 0 Å². The summed E-state index contributed by atoms with van der Waals surface area (Å²) in [6.45, 7) is 0.327. The quantitative estimate of drug-likeness (QED) is 0.583. The van der Waals surface area contributed by atoms with Crippen molar-refractivity contribution in [1.82, 2.24) is 0 Å². The zero-order valence-corrected chi connectivity index (χ0v) is 15.7. The largest absolute Gasteiger partial charge is 0.480 e. The van der Waals surface area contributed by atoms with Crippen LogP contribution in [0, 0.1) is 0 Å². The number of benzene rings is 1. The number of hydrogen-bond acceptors (Lipinski definition) is 5. The molecule has 1 saturated carbocycles. The number of carbonyl (C=O) groups excluding carboxylic acids is 1. The van der Waals surface area contributed by atoms with Gasteiger partial charge in [-0.2, -0.15) is 0 Å². The fourth-order valence-electron chi connectivity index (χ4n) is 2.03. The minimum atomic E-state index is -0.990. The molecule has 1 aromatic carbocycles. The number of aldehydes is 1. The first kappa shape index (κ1) is 23.8. The van der Waals surface area contributed by atoms with Gasteiger partial charge in [-0.1, -0.05) is 42.5 Å². The Kier molecular flexibility index (Phi) is 13.4. The highest BCUT2D eigenvalue weighted by Gasteiger charge is 2.08. The molecule has 6 nitrogen and oxygen atoms in total. The van der Waals surface area contributed by atoms with E-state index >= 15 is 0 Å². The van der Waals surface area contributed by atoms with Gasteiger partial charge in [0.25, 0.3) is 0 Å². The maximum atomic E-state index is 10.2. The van der Waals surface area contributed by atoms with E-state index in [0.717, 1.165) is 0 Å². The van der Waals surface area contributed by atoms with Gasteiger partial charge >= 0.3 is 5.97 Å². The third kappa shape index (κ3) is 11.9. The summed E-state index contributed by atoms with van der Waals surface area (Å²) in [6.07, 6.45) is 7.70. The number of nitrogens with two attached hydrogens (primary N) is 3. The van der Waals surface area contributed by atoms with Gasteiger partial charge in [-0.25, -0.2) is 0 Å². The second-order valence-electron chi connectivity index (χ2n) is 5.70. The van der Waals surface area contributed by atoms with Crippen molar-refractivity contribution in [2.75, 3.05) is 6.54 Å². The van der Waals surface area contributed by atoms with Crippen LogP contribution in [-0.4, -0.2) is 36.0 Å². The van der Waals surface area contributed by atoms with E-state index in [1.54, 1.807) is 12.1 Å². The lowest BCUT2D eigenvalue weighted by molar-refractivity contribution is -0.138. The lowest BCUT2D eigenvalue weighted by Crippen LogP contribution is -2.32. The molecule has 0 heterocycles. The van der Waals surface area contributed by atoms with Crippen molar-refractivity contribution in [2.24, 2.45) is 17.2 Å². The van der Waals surface area contributed by atoms with E-state index in [2.05, 4.69) is 0 Å². The minimum absolute atomic E-state index is 0.327. The van der Waals surface area contributed by atoms with Gasteiger partial charge in [0.15, 0.2) is 6.29 Å². The summed E-state index contributed by atoms with van der Waals surface area (Å²) < 4.78 is 0. The summed E-state index contributed by atoms with van der Waals surface area (Å²) in [6, 6.07) is 4.48. The number of carboxylic acids is 1. The Balaban J connectivity index is 0.000000352. The lowest BCUT2D eigenvalue weighted by atomic mass is 9.97. The molecule has 0 aliphatic heterocycles. The molecule has 1 aliphatic carbocycles. The molecular weight excluding hydrogens is 365 g/mol. The molecule has 0 bridgehead atoms. The third-order valence-electron chi connectivity index (χ3n) is 3.53. The molecule has 1 fully saturated rings. The van der Waals surface area contributed by atoms with Crippen molar-refractivity contribution in [3.05, 3.63) is 33.8 Å². The van der Waals surface area contributed by atoms with E-state index in [4.69, 9.17) is 45.5 Å². The van der Waals surface area contributed by atoms with E-state index in [1.165, 1.54) is 38.2 Å². The monoisotopic (exact) mass is 391 g/mol. The number of carbonyl (C=O) groups is 2. The summed E-state index contributed by atoms with van der Waals surface area (Å²) in [5.74, 6) is -0.990. The first-order valence-corrected chi connectivity index (χ1v) is 8.91. The predicted molar refractivity (Wildman–Crippen MR) is 102 cm³/mol. The normalized spacial score (nSPS) is 15.1. The van der Waals surface area contributed by atoms with Crippen LogP contribution >= 0.6 is 23.2 Å². The third-order valence-corrected chi connectivity index (χ3v) is 4.10. The number of hydrogen-bond donors (Lipinski definition) is 4. The van der Waals surface area contributed by atoms with Crippen molar-refractivity contribution in [1.29, 1.82) is 0 Å². The Bertz CT molecular complexity index is 524. The van der Waals surface area contributed by atoms with Crippen molar-refractivity contribution in [2.45, 2.75) is 50.6 Å². The van der Waals surface area contributed by atoms with Crippen LogP contribution in [0.3, 0.4) is 0 Å². The summed E-state index contributed by atoms with van der Waals surface area (Å²) in [7, 11) is 0. The highest BCUT2D eigenvalue weighted by Crippen LogP contribution is 2.19. The van der Waals surface area contributed by atoms with Crippen LogP contribution in [0.2, 0.25) is 10.0 Å². The van der Waals surface area contributed by atoms with Gasteiger partial charge in [-0.15, -0.1) is 0 Å². The topological polar surface area (TPSA) is 132 Å². The standard InChI is InChI=1S/C7H4Cl2O.C6H13N.C4H10N2O2/c8-6-2-1-5(4-10)7(9)3-6;7-6-4-2-1-3-5-6;5-2-1-3(6)4(7)8/h1-4H;6H,1-5,7H2;3H,1-2,5-6H2,(H,7,8). The molecule has 1 unspecified atom stereocenters. The van der Waals surface area contributed by atoms with Gasteiger partial charge in [0.1, 0.15) is 6.04 Å². The number of halogens is 2. The molecule has 0 amide bonds. The fourth-order valence-corrected chi connectivity index (χ4v) is 2.49. The van der Waals surface area contributed by atoms with E-state index < -0.39 is 12.0 Å². The second-order valence-corrected chi connectivity index (χ2v) is 6.55. The summed E-state index contributed by atoms with van der Waals surface area (Å²) in [4.78, 5) is 20.1. The van der Waals surface area contributed by atoms with Gasteiger partial charge in [-0.05, 0) is 44.0 Å². The SMILES string of the molecule is NC1CCCCC1.NCCC(N)C(=O)O.O=Cc1ccc(Cl)cc1Cl. The number of rotatable bonds is 4. The first-order chi connectivity index (χ1) is 11.8. The van der Waals surface area contributed by atoms with Crippen LogP contribution in [0.1, 0.15) is 48.9 Å². The molecule has 0 radical (unpaired) electrons. The van der Waals surface area contributed by atoms with E-state index in [-0.39, 0.29) is 0 Å². The Morgan fingerprint density at radius 3 is 2.20 bits per heavy atom. The molecular formula is C17H27Cl2N3O3. The number of aliphatic carboxylic acids is 1. The Labute approximate surface area is 158 Å². The van der Waals surface area contributed by atoms with Crippen molar-refractivity contribution >= 4 is 35.5 Å². The van der Waals surface area contributed by atoms with Gasteiger partial charge < -0.3 is 22.3 Å². The van der Waals surface area contributed by atoms with E-state index in [1.807, 2.05) is 0 Å². The zero-order chi connectivity index (χ0) is 19.2. The van der Waals surface area contributed by atoms with Crippen molar-refractivity contribution in [3.8, 4) is 0 Å². The molecule has 8 heteroatoms. The zero-order valence-electron chi connectivity index (χ0n) is 14.2. The smallest absolute Gasteiger partial charge is 0.320 e. The summed E-state index contributed by atoms with van der Waals surface area (Å²) >= 11 is 11.2. The number of carboxylic acid groups (broad SMARTS) is 1. The van der Waals surface area contributed by atoms with Crippen molar-refractivity contribution < 1.29 is 14.7 Å². The fraction of sp³-hybridized carbons (Fsp3) is 0.529. The van der Waals surface area contributed by atoms with E-state index in [0.29, 0.717) is 40.9 Å². The Morgan fingerprint density at radius 1 is 1.28 bits per heavy atom. The molecule has 2 rings (SSSR count). The van der Waals surface area contributed by atoms with Gasteiger partial charge in [-0.3, -0.25) is 9.59 Å². The maximum Gasteiger partial charge on any atom is 0.320 e. The molecule has 0 aromatic heterocycles. The Hall–Kier alpha value is -1.18. The summed E-state index contributed by atoms with van der Waals surface area (Å²) in [5.41, 5.74) is 16.2. The highest BCUT2D eigenvalue weighted by molar-refractivity contribution is 6.36. The predicted octanol–water partition coefficient (Wildman–Crippen LogP) is 2.83. The molecule has 1 aromatic rings. The molecule has 7 N–H and O–H groups in total. The van der Waals surface area contributed by atoms with Crippen LogP contribution in [0.25, 0.3) is 0 Å². The molecule has 0 saturated heterocycles. The molecule has 142 valence electrons. The van der Waals surface area contributed by atoms with Crippen molar-refractivity contribution in [3.63, 3.8) is 0 Å². The Morgan fingerprint density at radius 2 is 1.88 bits per heavy atom. The van der Waals surface area contributed by atoms with Crippen LogP contribution in [0.4, 0.5) is 0 Å². The average molecular weight is 392 g/mol. The minimum Gasteiger partial charge on any atom is -0.480 e. The molecule has 0 spiro atoms. The van der Waals surface area contributed by atoms with Crippen LogP contribution in [-0.2, 0) is 4.79 Å². The van der Waals surface area contributed by atoms with Crippen LogP contribution < -0.4 is 17.2 Å². The average Bonchev–Trinajstić information content (AvgIpc) is 2.57. The second kappa shape index (κ2) is 14.0. The van der Waals surface area contributed by atoms with E-state index in [9.17, 15) is 9.59 Å². The lowest BCUT2D eigenvalue weighted by Gasteiger charge is -2.15. The molecule has 1 atom stereocenters. The first-order valence-electron chi connectivity index (χ1n) is 8.16. The molecule has 1 aliphatic rings. The molecule has 25 heavy (non-hydrogen) atoms. The van der Waals surface area contributed by atoms with Crippen LogP contribution in [0.15, 0.2) is 18.2 Å². The highest BCUT2D eigenvalue weighted by atomic mass is 35.5.